The van der Waals surface area contributed by atoms with E-state index in [0.29, 0.717) is 21.8 Å². The van der Waals surface area contributed by atoms with Crippen LogP contribution in [0.1, 0.15) is 15.4 Å². The maximum atomic E-state index is 11.8. The van der Waals surface area contributed by atoms with E-state index in [1.165, 1.54) is 18.4 Å². The molecule has 28 heavy (non-hydrogen) atoms. The number of benzene rings is 2. The molecule has 2 aromatic carbocycles. The van der Waals surface area contributed by atoms with Crippen LogP contribution in [0.4, 0.5) is 5.69 Å². The lowest BCUT2D eigenvalue weighted by atomic mass is 10.2. The Bertz CT molecular complexity index is 1090. The molecule has 7 heteroatoms. The zero-order chi connectivity index (χ0) is 19.7. The van der Waals surface area contributed by atoms with E-state index in [1.54, 1.807) is 29.2 Å². The van der Waals surface area contributed by atoms with Crippen LogP contribution in [-0.2, 0) is 4.74 Å². The van der Waals surface area contributed by atoms with Crippen molar-refractivity contribution in [3.63, 3.8) is 0 Å². The molecule has 0 radical (unpaired) electrons. The van der Waals surface area contributed by atoms with Gasteiger partial charge in [0.1, 0.15) is 16.6 Å². The number of ether oxygens (including phenoxy) is 1. The number of esters is 1. The molecule has 0 fully saturated rings. The van der Waals surface area contributed by atoms with E-state index in [1.807, 2.05) is 35.7 Å². The topological polar surface area (TPSA) is 86.5 Å². The van der Waals surface area contributed by atoms with Crippen LogP contribution < -0.4 is 4.90 Å². The van der Waals surface area contributed by atoms with E-state index in [9.17, 15) is 9.90 Å². The van der Waals surface area contributed by atoms with E-state index in [2.05, 4.69) is 4.98 Å². The second kappa shape index (κ2) is 7.28. The molecule has 0 spiro atoms. The predicted octanol–water partition coefficient (Wildman–Crippen LogP) is 4.36. The summed E-state index contributed by atoms with van der Waals surface area (Å²) in [6.07, 6.45) is 0. The molecule has 1 aliphatic heterocycles. The second-order valence-electron chi connectivity index (χ2n) is 6.20. The van der Waals surface area contributed by atoms with Gasteiger partial charge in [0.15, 0.2) is 0 Å². The van der Waals surface area contributed by atoms with Crippen LogP contribution in [-0.4, -0.2) is 35.5 Å². The van der Waals surface area contributed by atoms with E-state index in [-0.39, 0.29) is 18.1 Å². The quantitative estimate of drug-likeness (QED) is 0.645. The first-order valence-electron chi connectivity index (χ1n) is 8.56. The molecule has 0 unspecified atom stereocenters. The minimum Gasteiger partial charge on any atom is -0.510 e. The Hall–Kier alpha value is -3.45. The van der Waals surface area contributed by atoms with Gasteiger partial charge in [-0.2, -0.15) is 0 Å². The molecule has 140 valence electrons. The standard InChI is InChI=1S/C21H17N3O3S/c1-27-21(26)14-8-5-9-15(10-14)24-11-17(25)18(19(24)22)20-23-16(12-28-20)13-6-3-2-4-7-13/h2-10,12,22,25H,11H2,1H3. The number of amidine groups is 1. The molecule has 0 saturated carbocycles. The van der Waals surface area contributed by atoms with Crippen molar-refractivity contribution in [2.75, 3.05) is 18.6 Å². The van der Waals surface area contributed by atoms with Crippen LogP contribution in [0.15, 0.2) is 65.7 Å². The monoisotopic (exact) mass is 391 g/mol. The highest BCUT2D eigenvalue weighted by Gasteiger charge is 2.31. The lowest BCUT2D eigenvalue weighted by Crippen LogP contribution is -2.26. The van der Waals surface area contributed by atoms with Gasteiger partial charge in [0.25, 0.3) is 0 Å². The summed E-state index contributed by atoms with van der Waals surface area (Å²) in [7, 11) is 1.32. The van der Waals surface area contributed by atoms with Crippen molar-refractivity contribution in [1.29, 1.82) is 5.41 Å². The van der Waals surface area contributed by atoms with E-state index < -0.39 is 5.97 Å². The van der Waals surface area contributed by atoms with Gasteiger partial charge in [0.05, 0.1) is 30.5 Å². The second-order valence-corrected chi connectivity index (χ2v) is 7.06. The zero-order valence-corrected chi connectivity index (χ0v) is 15.9. The Balaban J connectivity index is 1.63. The molecule has 1 aliphatic rings. The highest BCUT2D eigenvalue weighted by molar-refractivity contribution is 7.11. The molecular formula is C21H17N3O3S. The summed E-state index contributed by atoms with van der Waals surface area (Å²) >= 11 is 1.39. The Morgan fingerprint density at radius 3 is 2.75 bits per heavy atom. The van der Waals surface area contributed by atoms with Crippen molar-refractivity contribution in [2.24, 2.45) is 0 Å². The number of anilines is 1. The number of nitrogens with one attached hydrogen (secondary N) is 1. The van der Waals surface area contributed by atoms with Crippen molar-refractivity contribution in [1.82, 2.24) is 4.98 Å². The number of hydrogen-bond donors (Lipinski definition) is 2. The Morgan fingerprint density at radius 2 is 2.00 bits per heavy atom. The minimum atomic E-state index is -0.447. The summed E-state index contributed by atoms with van der Waals surface area (Å²) in [5.41, 5.74) is 3.23. The van der Waals surface area contributed by atoms with Gasteiger partial charge in [0, 0.05) is 16.6 Å². The summed E-state index contributed by atoms with van der Waals surface area (Å²) in [4.78, 5) is 18.0. The SMILES string of the molecule is COC(=O)c1cccc(N2CC(O)=C(c3nc(-c4ccccc4)cs3)C2=N)c1. The average molecular weight is 391 g/mol. The molecule has 0 amide bonds. The van der Waals surface area contributed by atoms with Gasteiger partial charge < -0.3 is 14.7 Å². The molecule has 0 saturated heterocycles. The van der Waals surface area contributed by atoms with Gasteiger partial charge in [0.2, 0.25) is 0 Å². The summed E-state index contributed by atoms with van der Waals surface area (Å²) in [6.45, 7) is 0.152. The van der Waals surface area contributed by atoms with Crippen molar-refractivity contribution < 1.29 is 14.6 Å². The number of hydrogen-bond acceptors (Lipinski definition) is 6. The van der Waals surface area contributed by atoms with E-state index in [4.69, 9.17) is 10.1 Å². The maximum absolute atomic E-state index is 11.8. The number of thiazole rings is 1. The van der Waals surface area contributed by atoms with Crippen molar-refractivity contribution in [3.05, 3.63) is 76.3 Å². The summed E-state index contributed by atoms with van der Waals surface area (Å²) in [6, 6.07) is 16.6. The lowest BCUT2D eigenvalue weighted by molar-refractivity contribution is 0.0601. The first-order valence-corrected chi connectivity index (χ1v) is 9.44. The number of aliphatic hydroxyl groups excluding tert-OH is 1. The van der Waals surface area contributed by atoms with Gasteiger partial charge in [-0.3, -0.25) is 5.41 Å². The van der Waals surface area contributed by atoms with Crippen LogP contribution in [0.2, 0.25) is 0 Å². The number of carbonyl (C=O) groups excluding carboxylic acids is 1. The third kappa shape index (κ3) is 3.16. The highest BCUT2D eigenvalue weighted by Crippen LogP contribution is 2.34. The molecule has 2 N–H and O–H groups in total. The fourth-order valence-corrected chi connectivity index (χ4v) is 3.97. The number of methoxy groups -OCH3 is 1. The van der Waals surface area contributed by atoms with Gasteiger partial charge in [-0.15, -0.1) is 11.3 Å². The molecule has 3 aromatic rings. The van der Waals surface area contributed by atoms with Crippen LogP contribution in [0.3, 0.4) is 0 Å². The number of rotatable bonds is 4. The van der Waals surface area contributed by atoms with Gasteiger partial charge in [-0.05, 0) is 18.2 Å². The molecule has 0 bridgehead atoms. The third-order valence-electron chi connectivity index (χ3n) is 4.47. The summed E-state index contributed by atoms with van der Waals surface area (Å²) in [5, 5.41) is 21.6. The van der Waals surface area contributed by atoms with Crippen LogP contribution in [0.25, 0.3) is 16.8 Å². The summed E-state index contributed by atoms with van der Waals surface area (Å²) < 4.78 is 4.76. The van der Waals surface area contributed by atoms with Crippen LogP contribution in [0, 0.1) is 5.41 Å². The zero-order valence-electron chi connectivity index (χ0n) is 15.0. The van der Waals surface area contributed by atoms with Crippen molar-refractivity contribution in [2.45, 2.75) is 0 Å². The Morgan fingerprint density at radius 1 is 1.21 bits per heavy atom. The van der Waals surface area contributed by atoms with E-state index in [0.717, 1.165) is 11.3 Å². The molecule has 0 atom stereocenters. The fraction of sp³-hybridized carbons (Fsp3) is 0.0952. The van der Waals surface area contributed by atoms with Crippen molar-refractivity contribution in [3.8, 4) is 11.3 Å². The average Bonchev–Trinajstić information content (AvgIpc) is 3.32. The first-order chi connectivity index (χ1) is 13.6. The predicted molar refractivity (Wildman–Crippen MR) is 110 cm³/mol. The normalized spacial score (nSPS) is 13.9. The Labute approximate surface area is 165 Å². The largest absolute Gasteiger partial charge is 0.510 e. The maximum Gasteiger partial charge on any atom is 0.337 e. The Kier molecular flexibility index (Phi) is 4.67. The van der Waals surface area contributed by atoms with Gasteiger partial charge in [-0.25, -0.2) is 9.78 Å². The molecule has 0 aliphatic carbocycles. The third-order valence-corrected chi connectivity index (χ3v) is 5.33. The number of nitrogens with zero attached hydrogens (tertiary/aromatic N) is 2. The van der Waals surface area contributed by atoms with Gasteiger partial charge >= 0.3 is 5.97 Å². The molecular weight excluding hydrogens is 374 g/mol. The number of carbonyl (C=O) groups is 1. The summed E-state index contributed by atoms with van der Waals surface area (Å²) in [5.74, 6) is -0.215. The molecule has 1 aromatic heterocycles. The molecule has 6 nitrogen and oxygen atoms in total. The number of aromatic nitrogens is 1. The van der Waals surface area contributed by atoms with Crippen LogP contribution >= 0.6 is 11.3 Å². The fourth-order valence-electron chi connectivity index (χ4n) is 3.07. The first kappa shape index (κ1) is 17.9. The van der Waals surface area contributed by atoms with Crippen molar-refractivity contribution >= 4 is 34.4 Å². The van der Waals surface area contributed by atoms with Crippen LogP contribution in [0.5, 0.6) is 0 Å². The highest BCUT2D eigenvalue weighted by atomic mass is 32.1. The van der Waals surface area contributed by atoms with E-state index >= 15 is 0 Å². The lowest BCUT2D eigenvalue weighted by Gasteiger charge is -2.19. The molecule has 4 rings (SSSR count). The minimum absolute atomic E-state index is 0.0856. The van der Waals surface area contributed by atoms with Gasteiger partial charge in [-0.1, -0.05) is 36.4 Å². The molecule has 2 heterocycles. The number of aliphatic hydroxyl groups is 1. The smallest absolute Gasteiger partial charge is 0.337 e.